The molecule has 0 saturated heterocycles. The molecule has 3 aromatic carbocycles. The molecule has 0 aliphatic rings. The van der Waals surface area contributed by atoms with Gasteiger partial charge in [0, 0.05) is 17.9 Å². The molecule has 15 heteroatoms. The summed E-state index contributed by atoms with van der Waals surface area (Å²) < 4.78 is 27.6. The molecule has 0 unspecified atom stereocenters. The van der Waals surface area contributed by atoms with E-state index in [-0.39, 0.29) is 25.3 Å². The maximum atomic E-state index is 13.2. The van der Waals surface area contributed by atoms with Gasteiger partial charge >= 0.3 is 11.7 Å². The van der Waals surface area contributed by atoms with Crippen LogP contribution in [0.5, 0.6) is 0 Å². The van der Waals surface area contributed by atoms with Gasteiger partial charge in [0.15, 0.2) is 0 Å². The van der Waals surface area contributed by atoms with E-state index in [1.165, 1.54) is 36.4 Å². The molecule has 41 heavy (non-hydrogen) atoms. The van der Waals surface area contributed by atoms with Crippen molar-refractivity contribution in [1.29, 1.82) is 0 Å². The first-order valence-electron chi connectivity index (χ1n) is 11.7. The van der Waals surface area contributed by atoms with Gasteiger partial charge in [-0.15, -0.1) is 11.3 Å². The summed E-state index contributed by atoms with van der Waals surface area (Å²) in [4.78, 5) is 41.0. The zero-order valence-electron chi connectivity index (χ0n) is 20.6. The molecule has 2 aromatic heterocycles. The number of sulfonamides is 1. The number of nitrogens with one attached hydrogen (secondary N) is 4. The maximum Gasteiger partial charge on any atom is 0.333 e. The van der Waals surface area contributed by atoms with Crippen LogP contribution in [-0.2, 0) is 16.6 Å². The molecule has 0 atom stereocenters. The minimum Gasteiger partial charge on any atom is -0.381 e. The van der Waals surface area contributed by atoms with Gasteiger partial charge in [-0.2, -0.15) is 0 Å². The molecule has 5 rings (SSSR count). The third-order valence-electron chi connectivity index (χ3n) is 5.80. The second kappa shape index (κ2) is 11.6. The number of halogens is 3. The minimum absolute atomic E-state index is 0.114. The van der Waals surface area contributed by atoms with Gasteiger partial charge in [-0.1, -0.05) is 40.9 Å². The summed E-state index contributed by atoms with van der Waals surface area (Å²) >= 11 is 18.6. The first-order valence-corrected chi connectivity index (χ1v) is 15.1. The number of hydrogen-bond acceptors (Lipinski definition) is 7. The van der Waals surface area contributed by atoms with E-state index in [0.717, 1.165) is 21.5 Å². The van der Waals surface area contributed by atoms with Crippen LogP contribution in [0.15, 0.2) is 86.6 Å². The van der Waals surface area contributed by atoms with Gasteiger partial charge in [0.25, 0.3) is 15.6 Å². The third kappa shape index (κ3) is 6.42. The molecule has 210 valence electrons. The second-order valence-electron chi connectivity index (χ2n) is 8.60. The van der Waals surface area contributed by atoms with Crippen molar-refractivity contribution in [3.8, 4) is 5.69 Å². The van der Waals surface area contributed by atoms with E-state index >= 15 is 0 Å². The number of rotatable bonds is 7. The van der Waals surface area contributed by atoms with Crippen LogP contribution in [0.2, 0.25) is 14.4 Å². The highest BCUT2D eigenvalue weighted by Gasteiger charge is 2.20. The van der Waals surface area contributed by atoms with Crippen molar-refractivity contribution in [2.45, 2.75) is 10.8 Å². The molecular weight excluding hydrogens is 633 g/mol. The Morgan fingerprint density at radius 2 is 1.61 bits per heavy atom. The predicted molar refractivity (Wildman–Crippen MR) is 163 cm³/mol. The Labute approximate surface area is 251 Å². The second-order valence-corrected chi connectivity index (χ2v) is 13.0. The zero-order chi connectivity index (χ0) is 29.3. The average molecular weight is 651 g/mol. The molecule has 2 amide bonds. The van der Waals surface area contributed by atoms with Crippen LogP contribution >= 0.6 is 46.1 Å². The normalized spacial score (nSPS) is 11.4. The highest BCUT2D eigenvalue weighted by molar-refractivity contribution is 7.92. The summed E-state index contributed by atoms with van der Waals surface area (Å²) in [5.74, 6) is 0. The molecular formula is C26H18Cl3N5O5S2. The molecule has 0 bridgehead atoms. The first-order chi connectivity index (χ1) is 19.5. The van der Waals surface area contributed by atoms with E-state index in [1.54, 1.807) is 30.3 Å². The summed E-state index contributed by atoms with van der Waals surface area (Å²) in [7, 11) is -4.10. The van der Waals surface area contributed by atoms with Gasteiger partial charge < -0.3 is 15.6 Å². The van der Waals surface area contributed by atoms with Crippen molar-refractivity contribution >= 4 is 84.5 Å². The molecule has 10 nitrogen and oxygen atoms in total. The number of benzene rings is 3. The Morgan fingerprint density at radius 1 is 0.878 bits per heavy atom. The fourth-order valence-corrected chi connectivity index (χ4v) is 6.59. The number of aromatic amines is 1. The van der Waals surface area contributed by atoms with E-state index in [9.17, 15) is 22.8 Å². The van der Waals surface area contributed by atoms with E-state index in [4.69, 9.17) is 34.8 Å². The Hall–Kier alpha value is -3.81. The van der Waals surface area contributed by atoms with Crippen LogP contribution in [-0.4, -0.2) is 24.0 Å². The minimum atomic E-state index is -4.10. The van der Waals surface area contributed by atoms with E-state index < -0.39 is 27.3 Å². The number of H-pyrrole nitrogens is 1. The number of urea groups is 1. The van der Waals surface area contributed by atoms with Crippen LogP contribution < -0.4 is 26.6 Å². The number of nitrogens with zero attached hydrogens (tertiary/aromatic N) is 1. The smallest absolute Gasteiger partial charge is 0.333 e. The lowest BCUT2D eigenvalue weighted by molar-refractivity contribution is 0.256. The van der Waals surface area contributed by atoms with Gasteiger partial charge in [-0.05, 0) is 72.3 Å². The van der Waals surface area contributed by atoms with Crippen LogP contribution in [0.1, 0.15) is 5.56 Å². The van der Waals surface area contributed by atoms with Gasteiger partial charge in [-0.25, -0.2) is 27.3 Å². The number of carbonyl (C=O) groups excluding carboxylic acids is 1. The Bertz CT molecular complexity index is 2020. The number of thiophene rings is 1. The average Bonchev–Trinajstić information content (AvgIpc) is 3.37. The fourth-order valence-electron chi connectivity index (χ4n) is 3.88. The fraction of sp³-hybridized carbons (Fsp3) is 0.0385. The van der Waals surface area contributed by atoms with E-state index in [0.29, 0.717) is 27.8 Å². The number of carbonyl (C=O) groups is 1. The van der Waals surface area contributed by atoms with Gasteiger partial charge in [0.2, 0.25) is 0 Å². The van der Waals surface area contributed by atoms with Crippen LogP contribution in [0.4, 0.5) is 16.2 Å². The maximum absolute atomic E-state index is 13.2. The topological polar surface area (TPSA) is 142 Å². The predicted octanol–water partition coefficient (Wildman–Crippen LogP) is 5.82. The molecule has 0 fully saturated rings. The lowest BCUT2D eigenvalue weighted by Crippen LogP contribution is -2.34. The monoisotopic (exact) mass is 649 g/mol. The largest absolute Gasteiger partial charge is 0.381 e. The quantitative estimate of drug-likeness (QED) is 0.175. The van der Waals surface area contributed by atoms with Crippen molar-refractivity contribution in [2.75, 3.05) is 10.6 Å². The van der Waals surface area contributed by atoms with Crippen LogP contribution in [0.3, 0.4) is 0 Å². The number of aromatic nitrogens is 2. The Balaban J connectivity index is 1.31. The summed E-state index contributed by atoms with van der Waals surface area (Å²) in [6, 6.07) is 17.7. The Morgan fingerprint density at radius 3 is 2.29 bits per heavy atom. The molecule has 0 spiro atoms. The van der Waals surface area contributed by atoms with Crippen molar-refractivity contribution in [3.05, 3.63) is 114 Å². The summed E-state index contributed by atoms with van der Waals surface area (Å²) in [5.41, 5.74) is 1.18. The van der Waals surface area contributed by atoms with Gasteiger partial charge in [0.05, 0.1) is 31.0 Å². The molecule has 0 aliphatic carbocycles. The standard InChI is InChI=1S/C26H18Cl3N5O5S2/c27-19-8-1-14(11-20(19)28)13-30-16-4-7-18-21(12-16)32-26(37)34(24(18)35)17-5-2-15(3-6-17)31-25(36)33-41(38,39)23-10-9-22(29)40-23/h1-12,30H,13H2,(H,32,37)(H2,31,33,36). The molecule has 0 saturated carbocycles. The lowest BCUT2D eigenvalue weighted by Gasteiger charge is -2.11. The molecule has 5 aromatic rings. The van der Waals surface area contributed by atoms with E-state index in [2.05, 4.69) is 15.6 Å². The highest BCUT2D eigenvalue weighted by atomic mass is 35.5. The van der Waals surface area contributed by atoms with Crippen molar-refractivity contribution in [3.63, 3.8) is 0 Å². The number of hydrogen-bond donors (Lipinski definition) is 4. The van der Waals surface area contributed by atoms with Crippen molar-refractivity contribution < 1.29 is 13.2 Å². The van der Waals surface area contributed by atoms with Crippen molar-refractivity contribution in [1.82, 2.24) is 14.3 Å². The molecule has 0 radical (unpaired) electrons. The third-order valence-corrected chi connectivity index (χ3v) is 9.60. The highest BCUT2D eigenvalue weighted by Crippen LogP contribution is 2.26. The Kier molecular flexibility index (Phi) is 8.11. The lowest BCUT2D eigenvalue weighted by atomic mass is 10.2. The number of amides is 2. The van der Waals surface area contributed by atoms with Gasteiger partial charge in [-0.3, -0.25) is 4.79 Å². The van der Waals surface area contributed by atoms with E-state index in [1.807, 2.05) is 10.8 Å². The summed E-state index contributed by atoms with van der Waals surface area (Å²) in [5, 5.41) is 6.79. The number of anilines is 2. The number of fused-ring (bicyclic) bond motifs is 1. The summed E-state index contributed by atoms with van der Waals surface area (Å²) in [6.07, 6.45) is 0. The molecule has 4 N–H and O–H groups in total. The molecule has 0 aliphatic heterocycles. The van der Waals surface area contributed by atoms with Crippen molar-refractivity contribution in [2.24, 2.45) is 0 Å². The summed E-state index contributed by atoms with van der Waals surface area (Å²) in [6.45, 7) is 0.441. The van der Waals surface area contributed by atoms with Gasteiger partial charge in [0.1, 0.15) is 4.21 Å². The first kappa shape index (κ1) is 28.7. The zero-order valence-corrected chi connectivity index (χ0v) is 24.5. The molecule has 2 heterocycles. The van der Waals surface area contributed by atoms with Crippen LogP contribution in [0.25, 0.3) is 16.6 Å². The SMILES string of the molecule is O=C(Nc1ccc(-n2c(=O)[nH]c3cc(NCc4ccc(Cl)c(Cl)c4)ccc3c2=O)cc1)NS(=O)(=O)c1ccc(Cl)s1. The van der Waals surface area contributed by atoms with Crippen LogP contribution in [0, 0.1) is 0 Å².